The molecule has 1 N–H and O–H groups in total. The van der Waals surface area contributed by atoms with Crippen LogP contribution >= 0.6 is 0 Å². The van der Waals surface area contributed by atoms with Gasteiger partial charge in [-0.15, -0.1) is 15.3 Å². The van der Waals surface area contributed by atoms with Crippen LogP contribution in [0.5, 0.6) is 17.4 Å². The largest absolute Gasteiger partial charge is 0.486 e. The minimum absolute atomic E-state index is 0.00935. The normalized spacial score (nSPS) is 13.2. The molecule has 0 radical (unpaired) electrons. The first-order valence-electron chi connectivity index (χ1n) is 10.0. The standard InChI is InChI=1S/C21H18FN5O5S/c22-15-3-1-2-14(12-15)21-25-24-19-6-7-20(26-27(19)21)32-9-8-23-33(28,29)16-4-5-17-18(13-16)31-11-10-30-17/h1-7,12-13,23H,8-11H2. The molecule has 0 aliphatic carbocycles. The van der Waals surface area contributed by atoms with Crippen LogP contribution in [0.3, 0.4) is 0 Å². The third kappa shape index (κ3) is 4.43. The molecule has 0 spiro atoms. The Balaban J connectivity index is 1.24. The third-order valence-corrected chi connectivity index (χ3v) is 6.25. The Morgan fingerprint density at radius 2 is 1.88 bits per heavy atom. The fourth-order valence-corrected chi connectivity index (χ4v) is 4.29. The van der Waals surface area contributed by atoms with Gasteiger partial charge in [0.25, 0.3) is 0 Å². The van der Waals surface area contributed by atoms with Crippen molar-refractivity contribution in [3.8, 4) is 28.8 Å². The molecule has 0 bridgehead atoms. The Labute approximate surface area is 188 Å². The van der Waals surface area contributed by atoms with Gasteiger partial charge in [-0.2, -0.15) is 4.52 Å². The number of nitrogens with one attached hydrogen (secondary N) is 1. The second kappa shape index (κ2) is 8.64. The molecular formula is C21H18FN5O5S. The van der Waals surface area contributed by atoms with Crippen LogP contribution in [0.2, 0.25) is 0 Å². The molecule has 2 aromatic carbocycles. The van der Waals surface area contributed by atoms with Crippen molar-refractivity contribution in [3.05, 3.63) is 60.4 Å². The lowest BCUT2D eigenvalue weighted by Crippen LogP contribution is -2.28. The minimum Gasteiger partial charge on any atom is -0.486 e. The Bertz CT molecular complexity index is 1430. The van der Waals surface area contributed by atoms with Gasteiger partial charge in [0, 0.05) is 24.2 Å². The van der Waals surface area contributed by atoms with Gasteiger partial charge in [0.05, 0.1) is 4.90 Å². The van der Waals surface area contributed by atoms with Gasteiger partial charge < -0.3 is 14.2 Å². The second-order valence-corrected chi connectivity index (χ2v) is 8.79. The summed E-state index contributed by atoms with van der Waals surface area (Å²) < 4.78 is 59.1. The van der Waals surface area contributed by atoms with Crippen molar-refractivity contribution >= 4 is 15.7 Å². The van der Waals surface area contributed by atoms with Crippen molar-refractivity contribution in [3.63, 3.8) is 0 Å². The Morgan fingerprint density at radius 3 is 2.73 bits per heavy atom. The number of fused-ring (bicyclic) bond motifs is 2. The summed E-state index contributed by atoms with van der Waals surface area (Å²) in [7, 11) is -3.77. The number of hydrogen-bond donors (Lipinski definition) is 1. The summed E-state index contributed by atoms with van der Waals surface area (Å²) in [6.07, 6.45) is 0. The van der Waals surface area contributed by atoms with E-state index in [1.807, 2.05) is 0 Å². The molecule has 0 saturated heterocycles. The van der Waals surface area contributed by atoms with E-state index in [4.69, 9.17) is 14.2 Å². The molecule has 0 unspecified atom stereocenters. The van der Waals surface area contributed by atoms with Crippen LogP contribution in [0.25, 0.3) is 17.0 Å². The second-order valence-electron chi connectivity index (χ2n) is 7.03. The molecule has 2 aromatic heterocycles. The van der Waals surface area contributed by atoms with Crippen molar-refractivity contribution in [1.82, 2.24) is 24.5 Å². The van der Waals surface area contributed by atoms with E-state index >= 15 is 0 Å². The first kappa shape index (κ1) is 21.1. The zero-order valence-corrected chi connectivity index (χ0v) is 18.0. The summed E-state index contributed by atoms with van der Waals surface area (Å²) in [6, 6.07) is 13.6. The predicted octanol–water partition coefficient (Wildman–Crippen LogP) is 2.06. The van der Waals surface area contributed by atoms with Crippen molar-refractivity contribution in [2.75, 3.05) is 26.4 Å². The van der Waals surface area contributed by atoms with Crippen LogP contribution in [0, 0.1) is 5.82 Å². The van der Waals surface area contributed by atoms with E-state index in [0.717, 1.165) is 0 Å². The van der Waals surface area contributed by atoms with Crippen molar-refractivity contribution in [2.45, 2.75) is 4.90 Å². The summed E-state index contributed by atoms with van der Waals surface area (Å²) in [6.45, 7) is 0.824. The van der Waals surface area contributed by atoms with Crippen LogP contribution in [-0.4, -0.2) is 54.6 Å². The van der Waals surface area contributed by atoms with Crippen LogP contribution in [-0.2, 0) is 10.0 Å². The maximum absolute atomic E-state index is 13.6. The monoisotopic (exact) mass is 471 g/mol. The number of aromatic nitrogens is 4. The zero-order chi connectivity index (χ0) is 22.8. The Morgan fingerprint density at radius 1 is 1.03 bits per heavy atom. The van der Waals surface area contributed by atoms with Crippen molar-refractivity contribution < 1.29 is 27.0 Å². The summed E-state index contributed by atoms with van der Waals surface area (Å²) in [5, 5.41) is 12.4. The fourth-order valence-electron chi connectivity index (χ4n) is 3.26. The summed E-state index contributed by atoms with van der Waals surface area (Å²) in [4.78, 5) is 0.0653. The van der Waals surface area contributed by atoms with E-state index in [1.165, 1.54) is 28.8 Å². The third-order valence-electron chi connectivity index (χ3n) is 4.79. The molecule has 1 aliphatic rings. The Hall–Kier alpha value is -3.77. The smallest absolute Gasteiger partial charge is 0.240 e. The van der Waals surface area contributed by atoms with Gasteiger partial charge in [-0.25, -0.2) is 17.5 Å². The number of ether oxygens (including phenoxy) is 3. The maximum atomic E-state index is 13.6. The lowest BCUT2D eigenvalue weighted by Gasteiger charge is -2.18. The van der Waals surface area contributed by atoms with Gasteiger partial charge in [0.15, 0.2) is 23.0 Å². The lowest BCUT2D eigenvalue weighted by atomic mass is 10.2. The van der Waals surface area contributed by atoms with Crippen LogP contribution in [0.4, 0.5) is 4.39 Å². The van der Waals surface area contributed by atoms with Gasteiger partial charge in [0.1, 0.15) is 25.6 Å². The number of nitrogens with zero attached hydrogens (tertiary/aromatic N) is 4. The predicted molar refractivity (Wildman–Crippen MR) is 114 cm³/mol. The molecule has 12 heteroatoms. The molecule has 0 atom stereocenters. The van der Waals surface area contributed by atoms with E-state index in [-0.39, 0.29) is 23.9 Å². The van der Waals surface area contributed by atoms with Gasteiger partial charge >= 0.3 is 0 Å². The summed E-state index contributed by atoms with van der Waals surface area (Å²) in [5.41, 5.74) is 0.972. The topological polar surface area (TPSA) is 117 Å². The van der Waals surface area contributed by atoms with Crippen molar-refractivity contribution in [1.29, 1.82) is 0 Å². The van der Waals surface area contributed by atoms with E-state index in [9.17, 15) is 12.8 Å². The average Bonchev–Trinajstić information content (AvgIpc) is 3.25. The molecular weight excluding hydrogens is 453 g/mol. The van der Waals surface area contributed by atoms with Crippen LogP contribution in [0.1, 0.15) is 0 Å². The molecule has 170 valence electrons. The van der Waals surface area contributed by atoms with E-state index in [1.54, 1.807) is 30.3 Å². The number of benzene rings is 2. The highest BCUT2D eigenvalue weighted by Crippen LogP contribution is 2.32. The first-order valence-corrected chi connectivity index (χ1v) is 11.5. The molecule has 1 aliphatic heterocycles. The molecule has 0 fully saturated rings. The fraction of sp³-hybridized carbons (Fsp3) is 0.190. The first-order chi connectivity index (χ1) is 16.0. The van der Waals surface area contributed by atoms with Gasteiger partial charge in [-0.1, -0.05) is 12.1 Å². The van der Waals surface area contributed by atoms with Gasteiger partial charge in [-0.3, -0.25) is 0 Å². The lowest BCUT2D eigenvalue weighted by molar-refractivity contribution is 0.171. The number of rotatable bonds is 7. The number of hydrogen-bond acceptors (Lipinski definition) is 8. The summed E-state index contributed by atoms with van der Waals surface area (Å²) >= 11 is 0. The number of sulfonamides is 1. The molecule has 0 saturated carbocycles. The highest BCUT2D eigenvalue weighted by Gasteiger charge is 2.19. The molecule has 3 heterocycles. The molecule has 10 nitrogen and oxygen atoms in total. The zero-order valence-electron chi connectivity index (χ0n) is 17.1. The quantitative estimate of drug-likeness (QED) is 0.407. The van der Waals surface area contributed by atoms with Crippen LogP contribution < -0.4 is 18.9 Å². The van der Waals surface area contributed by atoms with E-state index in [2.05, 4.69) is 20.0 Å². The highest BCUT2D eigenvalue weighted by atomic mass is 32.2. The Kier molecular flexibility index (Phi) is 5.52. The average molecular weight is 471 g/mol. The molecule has 33 heavy (non-hydrogen) atoms. The highest BCUT2D eigenvalue weighted by molar-refractivity contribution is 7.89. The minimum atomic E-state index is -3.77. The van der Waals surface area contributed by atoms with Crippen molar-refractivity contribution in [2.24, 2.45) is 0 Å². The van der Waals surface area contributed by atoms with Crippen LogP contribution in [0.15, 0.2) is 59.5 Å². The maximum Gasteiger partial charge on any atom is 0.240 e. The van der Waals surface area contributed by atoms with E-state index < -0.39 is 15.8 Å². The molecule has 5 rings (SSSR count). The van der Waals surface area contributed by atoms with Gasteiger partial charge in [-0.05, 0) is 30.3 Å². The number of halogens is 1. The summed E-state index contributed by atoms with van der Waals surface area (Å²) in [5.74, 6) is 1.09. The van der Waals surface area contributed by atoms with Gasteiger partial charge in [0.2, 0.25) is 15.9 Å². The molecule has 4 aromatic rings. The SMILES string of the molecule is O=S(=O)(NCCOc1ccc2nnc(-c3cccc(F)c3)n2n1)c1ccc2c(c1)OCCO2. The molecule has 0 amide bonds. The van der Waals surface area contributed by atoms with E-state index in [0.29, 0.717) is 41.7 Å².